The van der Waals surface area contributed by atoms with Crippen LogP contribution in [0.3, 0.4) is 0 Å². The van der Waals surface area contributed by atoms with E-state index >= 15 is 0 Å². The quantitative estimate of drug-likeness (QED) is 0.222. The minimum atomic E-state index is -2.32. The maximum absolute atomic E-state index is 6.31. The molecule has 0 aromatic carbocycles. The summed E-state index contributed by atoms with van der Waals surface area (Å²) in [4.78, 5) is 2.31. The first kappa shape index (κ1) is 22.0. The predicted octanol–water partition coefficient (Wildman–Crippen LogP) is 1.44. The van der Waals surface area contributed by atoms with Crippen molar-refractivity contribution < 1.29 is 23.1 Å². The molecule has 1 saturated heterocycles. The maximum atomic E-state index is 6.31. The highest BCUT2D eigenvalue weighted by atomic mass is 28.4. The van der Waals surface area contributed by atoms with Gasteiger partial charge in [-0.25, -0.2) is 0 Å². The van der Waals surface area contributed by atoms with E-state index in [1.54, 1.807) is 6.08 Å². The Morgan fingerprint density at radius 1 is 1.29 bits per heavy atom. The molecule has 0 spiro atoms. The van der Waals surface area contributed by atoms with Crippen molar-refractivity contribution in [3.63, 3.8) is 0 Å². The molecule has 0 saturated carbocycles. The predicted molar refractivity (Wildman–Crippen MR) is 101 cm³/mol. The van der Waals surface area contributed by atoms with E-state index in [1.807, 2.05) is 20.8 Å². The molecule has 1 aliphatic heterocycles. The van der Waals surface area contributed by atoms with Gasteiger partial charge in [-0.3, -0.25) is 4.90 Å². The molecule has 0 radical (unpaired) electrons. The van der Waals surface area contributed by atoms with Gasteiger partial charge < -0.3 is 23.1 Å². The van der Waals surface area contributed by atoms with Gasteiger partial charge in [-0.05, 0) is 27.3 Å². The molecule has 0 bridgehead atoms. The highest BCUT2D eigenvalue weighted by Crippen LogP contribution is 2.28. The number of hydrogen-bond donors (Lipinski definition) is 0. The molecule has 8 heteroatoms. The smallest absolute Gasteiger partial charge is 0.350 e. The highest BCUT2D eigenvalue weighted by Gasteiger charge is 2.49. The lowest BCUT2D eigenvalue weighted by Gasteiger charge is -2.50. The van der Waals surface area contributed by atoms with E-state index in [9.17, 15) is 0 Å². The summed E-state index contributed by atoms with van der Waals surface area (Å²) in [7, 11) is -2.94. The molecule has 1 heterocycles. The molecule has 6 nitrogen and oxygen atoms in total. The molecular formula is C16H35NO5Si2. The number of ether oxygens (including phenoxy) is 3. The van der Waals surface area contributed by atoms with Crippen LogP contribution in [0, 0.1) is 0 Å². The van der Waals surface area contributed by atoms with Gasteiger partial charge in [0.1, 0.15) is 9.52 Å². The Labute approximate surface area is 150 Å². The maximum Gasteiger partial charge on any atom is 0.350 e. The second-order valence-corrected chi connectivity index (χ2v) is 10.7. The van der Waals surface area contributed by atoms with Gasteiger partial charge in [-0.1, -0.05) is 12.6 Å². The van der Waals surface area contributed by atoms with Gasteiger partial charge in [0.2, 0.25) is 0 Å². The molecule has 0 N–H and O–H groups in total. The topological polar surface area (TPSA) is 49.4 Å². The van der Waals surface area contributed by atoms with Crippen molar-refractivity contribution in [2.75, 3.05) is 45.7 Å². The molecule has 1 aliphatic rings. The molecule has 2 atom stereocenters. The van der Waals surface area contributed by atoms with Crippen LogP contribution in [-0.2, 0) is 23.1 Å². The van der Waals surface area contributed by atoms with E-state index < -0.39 is 23.6 Å². The van der Waals surface area contributed by atoms with E-state index in [0.717, 1.165) is 12.7 Å². The number of rotatable bonds is 12. The van der Waals surface area contributed by atoms with Gasteiger partial charge in [0, 0.05) is 32.5 Å². The Morgan fingerprint density at radius 2 is 1.96 bits per heavy atom. The van der Waals surface area contributed by atoms with E-state index in [2.05, 4.69) is 24.6 Å². The van der Waals surface area contributed by atoms with Gasteiger partial charge in [0.15, 0.2) is 5.53 Å². The van der Waals surface area contributed by atoms with Crippen molar-refractivity contribution in [1.82, 2.24) is 4.90 Å². The SMILES string of the molecule is C=CCOCC1CN(C(OCC)(OCC)[SiH2]C)C[Si](C)(OCC)O1. The average Bonchev–Trinajstić information content (AvgIpc) is 2.54. The lowest BCUT2D eigenvalue weighted by atomic mass is 10.3. The zero-order valence-corrected chi connectivity index (χ0v) is 18.4. The van der Waals surface area contributed by atoms with Crippen molar-refractivity contribution in [2.24, 2.45) is 0 Å². The number of hydrogen-bond acceptors (Lipinski definition) is 6. The van der Waals surface area contributed by atoms with E-state index in [0.29, 0.717) is 33.0 Å². The summed E-state index contributed by atoms with van der Waals surface area (Å²) in [6, 6.07) is 0. The Morgan fingerprint density at radius 3 is 2.46 bits per heavy atom. The summed E-state index contributed by atoms with van der Waals surface area (Å²) >= 11 is 0. The Kier molecular flexibility index (Phi) is 9.91. The summed E-state index contributed by atoms with van der Waals surface area (Å²) in [5.41, 5.74) is -0.588. The van der Waals surface area contributed by atoms with Crippen LogP contribution >= 0.6 is 0 Å². The fraction of sp³-hybridized carbons (Fsp3) is 0.875. The van der Waals surface area contributed by atoms with Crippen molar-refractivity contribution in [3.8, 4) is 0 Å². The average molecular weight is 378 g/mol. The fourth-order valence-electron chi connectivity index (χ4n) is 3.20. The molecule has 1 rings (SSSR count). The van der Waals surface area contributed by atoms with Crippen molar-refractivity contribution >= 4 is 18.1 Å². The van der Waals surface area contributed by atoms with E-state index in [1.165, 1.54) is 0 Å². The van der Waals surface area contributed by atoms with Crippen LogP contribution in [0.4, 0.5) is 0 Å². The minimum Gasteiger partial charge on any atom is -0.394 e. The molecule has 2 unspecified atom stereocenters. The van der Waals surface area contributed by atoms with Gasteiger partial charge >= 0.3 is 8.56 Å². The van der Waals surface area contributed by atoms with Crippen LogP contribution in [0.5, 0.6) is 0 Å². The van der Waals surface area contributed by atoms with Gasteiger partial charge in [0.05, 0.1) is 19.3 Å². The third-order valence-electron chi connectivity index (χ3n) is 3.98. The normalized spacial score (nSPS) is 26.3. The van der Waals surface area contributed by atoms with Gasteiger partial charge in [-0.15, -0.1) is 6.58 Å². The summed E-state index contributed by atoms with van der Waals surface area (Å²) in [5, 5.41) is 0. The fourth-order valence-corrected chi connectivity index (χ4v) is 7.69. The van der Waals surface area contributed by atoms with Crippen LogP contribution < -0.4 is 0 Å². The van der Waals surface area contributed by atoms with Crippen LogP contribution in [0.25, 0.3) is 0 Å². The van der Waals surface area contributed by atoms with E-state index in [4.69, 9.17) is 23.1 Å². The molecular weight excluding hydrogens is 342 g/mol. The summed E-state index contributed by atoms with van der Waals surface area (Å²) in [5.74, 6) is 0. The van der Waals surface area contributed by atoms with Crippen molar-refractivity contribution in [2.45, 2.75) is 45.5 Å². The van der Waals surface area contributed by atoms with Crippen molar-refractivity contribution in [1.29, 1.82) is 0 Å². The van der Waals surface area contributed by atoms with Crippen LogP contribution in [0.1, 0.15) is 20.8 Å². The summed E-state index contributed by atoms with van der Waals surface area (Å²) in [6.45, 7) is 17.8. The Bertz CT molecular complexity index is 368. The molecule has 1 fully saturated rings. The molecule has 0 aliphatic carbocycles. The minimum absolute atomic E-state index is 0.0391. The van der Waals surface area contributed by atoms with Gasteiger partial charge in [0.25, 0.3) is 0 Å². The molecule has 0 amide bonds. The first-order valence-electron chi connectivity index (χ1n) is 9.02. The second-order valence-electron chi connectivity index (χ2n) is 5.95. The number of nitrogens with zero attached hydrogens (tertiary/aromatic N) is 1. The van der Waals surface area contributed by atoms with Crippen molar-refractivity contribution in [3.05, 3.63) is 12.7 Å². The molecule has 0 aromatic rings. The third kappa shape index (κ3) is 6.03. The van der Waals surface area contributed by atoms with Crippen LogP contribution in [-0.4, -0.2) is 80.4 Å². The zero-order chi connectivity index (χ0) is 18.1. The molecule has 142 valence electrons. The Balaban J connectivity index is 2.97. The van der Waals surface area contributed by atoms with Gasteiger partial charge in [-0.2, -0.15) is 0 Å². The first-order chi connectivity index (χ1) is 11.5. The Hall–Kier alpha value is -0.0662. The second kappa shape index (κ2) is 10.8. The molecule has 24 heavy (non-hydrogen) atoms. The third-order valence-corrected chi connectivity index (χ3v) is 8.41. The van der Waals surface area contributed by atoms with Crippen LogP contribution in [0.2, 0.25) is 13.1 Å². The standard InChI is InChI=1S/C16H35NO5Si2/c1-7-11-18-13-15-12-17(14-24(6,22-15)21-10-4)16(23-5,19-8-2)20-9-3/h7,15H,1,8-14,23H2,2-6H3. The summed E-state index contributed by atoms with van der Waals surface area (Å²) in [6.07, 6.45) is 2.46. The lowest BCUT2D eigenvalue weighted by molar-refractivity contribution is -0.267. The lowest BCUT2D eigenvalue weighted by Crippen LogP contribution is -2.69. The van der Waals surface area contributed by atoms with Crippen LogP contribution in [0.15, 0.2) is 12.7 Å². The summed E-state index contributed by atoms with van der Waals surface area (Å²) < 4.78 is 30.2. The highest BCUT2D eigenvalue weighted by molar-refractivity contribution is 6.66. The zero-order valence-electron chi connectivity index (χ0n) is 16.0. The van der Waals surface area contributed by atoms with E-state index in [-0.39, 0.29) is 6.10 Å². The monoisotopic (exact) mass is 377 g/mol. The molecule has 0 aromatic heterocycles. The first-order valence-corrected chi connectivity index (χ1v) is 13.7. The largest absolute Gasteiger partial charge is 0.394 e.